The van der Waals surface area contributed by atoms with Gasteiger partial charge in [0, 0.05) is 10.8 Å². The van der Waals surface area contributed by atoms with Crippen LogP contribution in [-0.2, 0) is 5.41 Å². The zero-order valence-corrected chi connectivity index (χ0v) is 15.4. The van der Waals surface area contributed by atoms with Crippen LogP contribution in [0.3, 0.4) is 0 Å². The molecule has 2 aromatic carbocycles. The van der Waals surface area contributed by atoms with Crippen molar-refractivity contribution in [3.63, 3.8) is 0 Å². The van der Waals surface area contributed by atoms with Crippen LogP contribution in [-0.4, -0.2) is 5.75 Å². The van der Waals surface area contributed by atoms with Gasteiger partial charge in [0.05, 0.1) is 5.75 Å². The maximum atomic E-state index is 3.42. The Labute approximate surface area is 145 Å². The molecule has 0 saturated heterocycles. The van der Waals surface area contributed by atoms with E-state index in [1.165, 1.54) is 16.0 Å². The summed E-state index contributed by atoms with van der Waals surface area (Å²) in [6.07, 6.45) is 1.06. The Morgan fingerprint density at radius 1 is 0.957 bits per heavy atom. The molecule has 0 nitrogen and oxygen atoms in total. The quantitative estimate of drug-likeness (QED) is 0.472. The Morgan fingerprint density at radius 3 is 2.17 bits per heavy atom. The summed E-state index contributed by atoms with van der Waals surface area (Å²) in [6, 6.07) is 19.4. The predicted octanol–water partition coefficient (Wildman–Crippen LogP) is 6.27. The lowest BCUT2D eigenvalue weighted by Crippen LogP contribution is -2.10. The molecule has 0 fully saturated rings. The molecule has 2 rings (SSSR count). The van der Waals surface area contributed by atoms with Crippen LogP contribution in [0.5, 0.6) is 0 Å². The summed E-state index contributed by atoms with van der Waals surface area (Å²) in [5, 5.41) is 0. The van der Waals surface area contributed by atoms with Gasteiger partial charge >= 0.3 is 0 Å². The van der Waals surface area contributed by atoms with Gasteiger partial charge in [0.2, 0.25) is 0 Å². The van der Waals surface area contributed by atoms with Crippen LogP contribution in [0, 0.1) is 11.8 Å². The van der Waals surface area contributed by atoms with Gasteiger partial charge in [-0.2, -0.15) is 0 Å². The molecule has 1 heteroatoms. The molecule has 0 unspecified atom stereocenters. The van der Waals surface area contributed by atoms with Crippen LogP contribution in [0.15, 0.2) is 59.5 Å². The van der Waals surface area contributed by atoms with E-state index in [1.54, 1.807) is 0 Å². The summed E-state index contributed by atoms with van der Waals surface area (Å²) in [7, 11) is 0. The van der Waals surface area contributed by atoms with Gasteiger partial charge in [-0.3, -0.25) is 0 Å². The summed E-state index contributed by atoms with van der Waals surface area (Å²) in [5.41, 5.74) is 2.91. The second-order valence-electron chi connectivity index (χ2n) is 6.76. The summed E-state index contributed by atoms with van der Waals surface area (Å²) in [5.74, 6) is 7.95. The molecular weight excluding hydrogens is 296 g/mol. The largest absolute Gasteiger partial charge is 0.113 e. The monoisotopic (exact) mass is 322 g/mol. The highest BCUT2D eigenvalue weighted by molar-refractivity contribution is 7.99. The molecule has 2 aromatic rings. The van der Waals surface area contributed by atoms with Crippen molar-refractivity contribution in [1.82, 2.24) is 0 Å². The van der Waals surface area contributed by atoms with Gasteiger partial charge in [0.1, 0.15) is 0 Å². The minimum absolute atomic E-state index is 0.215. The first-order valence-electron chi connectivity index (χ1n) is 8.27. The summed E-state index contributed by atoms with van der Waals surface area (Å²) in [6.45, 7) is 8.93. The van der Waals surface area contributed by atoms with E-state index in [0.717, 1.165) is 12.2 Å². The Bertz CT molecular complexity index is 651. The smallest absolute Gasteiger partial charge is 0.0594 e. The number of thioether (sulfide) groups is 1. The van der Waals surface area contributed by atoms with Crippen molar-refractivity contribution < 1.29 is 0 Å². The predicted molar refractivity (Wildman–Crippen MR) is 103 cm³/mol. The van der Waals surface area contributed by atoms with Gasteiger partial charge in [0.25, 0.3) is 0 Å². The average molecular weight is 323 g/mol. The zero-order chi connectivity index (χ0) is 16.7. The second-order valence-corrected chi connectivity index (χ2v) is 7.80. The normalized spacial score (nSPS) is 12.3. The Morgan fingerprint density at radius 2 is 1.61 bits per heavy atom. The summed E-state index contributed by atoms with van der Waals surface area (Å²) in [4.78, 5) is 1.29. The first kappa shape index (κ1) is 17.7. The number of benzene rings is 2. The van der Waals surface area contributed by atoms with E-state index >= 15 is 0 Å². The van der Waals surface area contributed by atoms with E-state index < -0.39 is 0 Å². The molecule has 0 aliphatic heterocycles. The van der Waals surface area contributed by atoms with E-state index in [1.807, 2.05) is 11.8 Å². The third-order valence-corrected chi connectivity index (χ3v) is 4.81. The van der Waals surface area contributed by atoms with E-state index in [0.29, 0.717) is 5.92 Å². The van der Waals surface area contributed by atoms with Gasteiger partial charge in [-0.25, -0.2) is 0 Å². The zero-order valence-electron chi connectivity index (χ0n) is 14.6. The van der Waals surface area contributed by atoms with Crippen molar-refractivity contribution in [3.05, 3.63) is 65.7 Å². The topological polar surface area (TPSA) is 0 Å². The van der Waals surface area contributed by atoms with Crippen molar-refractivity contribution >= 4 is 11.8 Å². The van der Waals surface area contributed by atoms with Gasteiger partial charge < -0.3 is 0 Å². The fraction of sp³-hybridized carbons (Fsp3) is 0.364. The molecule has 1 atom stereocenters. The summed E-state index contributed by atoms with van der Waals surface area (Å²) >= 11 is 1.81. The Balaban J connectivity index is 1.92. The first-order valence-corrected chi connectivity index (χ1v) is 9.26. The minimum Gasteiger partial charge on any atom is -0.113 e. The lowest BCUT2D eigenvalue weighted by atomic mass is 9.87. The Hall–Kier alpha value is -1.65. The molecule has 0 aromatic heterocycles. The molecule has 0 saturated carbocycles. The maximum Gasteiger partial charge on any atom is 0.0594 e. The van der Waals surface area contributed by atoms with Gasteiger partial charge in [-0.1, -0.05) is 82.0 Å². The van der Waals surface area contributed by atoms with Gasteiger partial charge in [-0.05, 0) is 35.1 Å². The highest BCUT2D eigenvalue weighted by Gasteiger charge is 2.12. The number of hydrogen-bond donors (Lipinski definition) is 0. The lowest BCUT2D eigenvalue weighted by molar-refractivity contribution is 0.590. The second kappa shape index (κ2) is 8.27. The van der Waals surface area contributed by atoms with Crippen molar-refractivity contribution in [2.75, 3.05) is 5.75 Å². The van der Waals surface area contributed by atoms with Crippen molar-refractivity contribution in [1.29, 1.82) is 0 Å². The minimum atomic E-state index is 0.215. The molecule has 0 amide bonds. The molecule has 120 valence electrons. The molecular formula is C22H26S. The SMILES string of the molecule is CC[C@@H](C#CCSc1ccc(C(C)(C)C)cc1)c1ccccc1. The van der Waals surface area contributed by atoms with Crippen molar-refractivity contribution in [2.24, 2.45) is 0 Å². The molecule has 0 bridgehead atoms. The van der Waals surface area contributed by atoms with Crippen LogP contribution < -0.4 is 0 Å². The number of rotatable bonds is 4. The molecule has 0 aliphatic rings. The van der Waals surface area contributed by atoms with Crippen LogP contribution in [0.2, 0.25) is 0 Å². The van der Waals surface area contributed by atoms with Crippen LogP contribution >= 0.6 is 11.8 Å². The molecule has 0 heterocycles. The molecule has 0 spiro atoms. The van der Waals surface area contributed by atoms with Gasteiger partial charge in [0.15, 0.2) is 0 Å². The molecule has 0 aliphatic carbocycles. The highest BCUT2D eigenvalue weighted by Crippen LogP contribution is 2.25. The molecule has 0 radical (unpaired) electrons. The highest BCUT2D eigenvalue weighted by atomic mass is 32.2. The van der Waals surface area contributed by atoms with Crippen LogP contribution in [0.25, 0.3) is 0 Å². The Kier molecular flexibility index (Phi) is 6.37. The standard InChI is InChI=1S/C22H26S/c1-5-18(19-10-7-6-8-11-19)12-9-17-23-21-15-13-20(14-16-21)22(2,3)4/h6-8,10-11,13-16,18H,5,17H2,1-4H3/t18-/m0/s1. The average Bonchev–Trinajstić information content (AvgIpc) is 2.55. The van der Waals surface area contributed by atoms with E-state index in [2.05, 4.69) is 94.1 Å². The van der Waals surface area contributed by atoms with E-state index in [-0.39, 0.29) is 5.41 Å². The third-order valence-electron chi connectivity index (χ3n) is 3.92. The first-order chi connectivity index (χ1) is 11.0. The lowest BCUT2D eigenvalue weighted by Gasteiger charge is -2.18. The number of hydrogen-bond acceptors (Lipinski definition) is 1. The van der Waals surface area contributed by atoms with E-state index in [4.69, 9.17) is 0 Å². The maximum absolute atomic E-state index is 3.42. The van der Waals surface area contributed by atoms with E-state index in [9.17, 15) is 0 Å². The van der Waals surface area contributed by atoms with Gasteiger partial charge in [-0.15, -0.1) is 11.8 Å². The molecule has 23 heavy (non-hydrogen) atoms. The fourth-order valence-electron chi connectivity index (χ4n) is 2.44. The third kappa shape index (κ3) is 5.48. The summed E-state index contributed by atoms with van der Waals surface area (Å²) < 4.78 is 0. The van der Waals surface area contributed by atoms with Crippen LogP contribution in [0.1, 0.15) is 51.2 Å². The molecule has 0 N–H and O–H groups in total. The van der Waals surface area contributed by atoms with Crippen molar-refractivity contribution in [2.45, 2.75) is 50.3 Å². The fourth-order valence-corrected chi connectivity index (χ4v) is 3.09. The van der Waals surface area contributed by atoms with Crippen LogP contribution in [0.4, 0.5) is 0 Å². The van der Waals surface area contributed by atoms with Crippen molar-refractivity contribution in [3.8, 4) is 11.8 Å².